The fraction of sp³-hybridized carbons (Fsp3) is 0.769. The summed E-state index contributed by atoms with van der Waals surface area (Å²) >= 11 is 0. The van der Waals surface area contributed by atoms with E-state index in [-0.39, 0.29) is 0 Å². The van der Waals surface area contributed by atoms with Crippen molar-refractivity contribution in [3.63, 3.8) is 0 Å². The maximum absolute atomic E-state index is 5.12. The Bertz CT molecular complexity index is 419. The lowest BCUT2D eigenvalue weighted by Crippen LogP contribution is -2.39. The van der Waals surface area contributed by atoms with Gasteiger partial charge in [-0.05, 0) is 25.9 Å². The fourth-order valence-electron chi connectivity index (χ4n) is 2.64. The van der Waals surface area contributed by atoms with Gasteiger partial charge < -0.3 is 15.0 Å². The predicted octanol–water partition coefficient (Wildman–Crippen LogP) is 0.842. The Morgan fingerprint density at radius 1 is 1.40 bits per heavy atom. The summed E-state index contributed by atoms with van der Waals surface area (Å²) in [6.07, 6.45) is 2.51. The molecule has 1 saturated heterocycles. The lowest BCUT2D eigenvalue weighted by atomic mass is 10.2. The summed E-state index contributed by atoms with van der Waals surface area (Å²) in [5, 5.41) is 2.93. The highest BCUT2D eigenvalue weighted by Crippen LogP contribution is 2.20. The molecule has 7 heteroatoms. The molecule has 7 nitrogen and oxygen atoms in total. The molecule has 0 bridgehead atoms. The lowest BCUT2D eigenvalue weighted by Gasteiger charge is -2.27. The van der Waals surface area contributed by atoms with Crippen LogP contribution in [0.4, 0.5) is 11.9 Å². The van der Waals surface area contributed by atoms with Crippen molar-refractivity contribution >= 4 is 11.9 Å². The molecule has 1 N–H and O–H groups in total. The molecule has 1 fully saturated rings. The second-order valence-electron chi connectivity index (χ2n) is 5.00. The van der Waals surface area contributed by atoms with Gasteiger partial charge in [0.1, 0.15) is 0 Å². The quantitative estimate of drug-likeness (QED) is 0.828. The van der Waals surface area contributed by atoms with Gasteiger partial charge in [-0.3, -0.25) is 4.90 Å². The van der Waals surface area contributed by atoms with Gasteiger partial charge in [0.15, 0.2) is 0 Å². The van der Waals surface area contributed by atoms with Crippen molar-refractivity contribution in [2.45, 2.75) is 25.8 Å². The van der Waals surface area contributed by atoms with E-state index in [9.17, 15) is 0 Å². The molecule has 1 aromatic heterocycles. The van der Waals surface area contributed by atoms with Crippen LogP contribution in [0.25, 0.3) is 0 Å². The van der Waals surface area contributed by atoms with Crippen LogP contribution in [0.2, 0.25) is 0 Å². The van der Waals surface area contributed by atoms with Gasteiger partial charge in [-0.25, -0.2) is 0 Å². The second kappa shape index (κ2) is 6.69. The van der Waals surface area contributed by atoms with Crippen molar-refractivity contribution in [2.24, 2.45) is 0 Å². The number of rotatable bonds is 6. The average molecular weight is 280 g/mol. The second-order valence-corrected chi connectivity index (χ2v) is 5.00. The molecule has 112 valence electrons. The summed E-state index contributed by atoms with van der Waals surface area (Å²) in [5.41, 5.74) is 0. The first kappa shape index (κ1) is 14.8. The molecule has 0 amide bonds. The van der Waals surface area contributed by atoms with E-state index in [4.69, 9.17) is 4.74 Å². The van der Waals surface area contributed by atoms with Crippen molar-refractivity contribution < 1.29 is 4.74 Å². The highest BCUT2D eigenvalue weighted by Gasteiger charge is 2.25. The molecular formula is C13H24N6O. The van der Waals surface area contributed by atoms with Crippen molar-refractivity contribution in [1.29, 1.82) is 0 Å². The molecule has 1 aliphatic rings. The summed E-state index contributed by atoms with van der Waals surface area (Å²) < 4.78 is 5.12. The molecule has 1 atom stereocenters. The zero-order chi connectivity index (χ0) is 14.5. The number of likely N-dealkylation sites (N-methyl/N-ethyl adjacent to an activating group) is 2. The largest absolute Gasteiger partial charge is 0.467 e. The maximum Gasteiger partial charge on any atom is 0.322 e. The van der Waals surface area contributed by atoms with Crippen LogP contribution in [0.3, 0.4) is 0 Å². The molecule has 0 saturated carbocycles. The number of aromatic nitrogens is 3. The van der Waals surface area contributed by atoms with E-state index in [1.165, 1.54) is 19.4 Å². The fourth-order valence-corrected chi connectivity index (χ4v) is 2.64. The van der Waals surface area contributed by atoms with Crippen LogP contribution in [-0.4, -0.2) is 66.7 Å². The third-order valence-corrected chi connectivity index (χ3v) is 3.74. The van der Waals surface area contributed by atoms with Gasteiger partial charge in [0, 0.05) is 26.7 Å². The molecule has 1 unspecified atom stereocenters. The Morgan fingerprint density at radius 2 is 2.20 bits per heavy atom. The molecule has 0 radical (unpaired) electrons. The Balaban J connectivity index is 2.10. The monoisotopic (exact) mass is 280 g/mol. The average Bonchev–Trinajstić information content (AvgIpc) is 2.93. The molecule has 0 spiro atoms. The summed E-state index contributed by atoms with van der Waals surface area (Å²) in [5.74, 6) is 1.17. The van der Waals surface area contributed by atoms with E-state index in [0.29, 0.717) is 23.9 Å². The van der Waals surface area contributed by atoms with Crippen molar-refractivity contribution in [1.82, 2.24) is 19.9 Å². The van der Waals surface area contributed by atoms with Crippen LogP contribution < -0.4 is 15.0 Å². The van der Waals surface area contributed by atoms with E-state index in [0.717, 1.165) is 13.1 Å². The number of hydrogen-bond acceptors (Lipinski definition) is 7. The Hall–Kier alpha value is -1.63. The standard InChI is InChI=1S/C13H24N6O/c1-5-19-8-6-7-10(19)9-18(3)12-15-11(14-2)16-13(17-12)20-4/h10H,5-9H2,1-4H3,(H,14,15,16,17). The third kappa shape index (κ3) is 3.27. The van der Waals surface area contributed by atoms with Crippen LogP contribution in [0.5, 0.6) is 6.01 Å². The molecule has 2 rings (SSSR count). The van der Waals surface area contributed by atoms with Gasteiger partial charge in [-0.15, -0.1) is 0 Å². The van der Waals surface area contributed by atoms with Crippen LogP contribution in [0.15, 0.2) is 0 Å². The summed E-state index contributed by atoms with van der Waals surface area (Å²) in [6.45, 7) is 5.42. The minimum Gasteiger partial charge on any atom is -0.467 e. The first-order valence-electron chi connectivity index (χ1n) is 7.11. The topological polar surface area (TPSA) is 66.4 Å². The number of hydrogen-bond donors (Lipinski definition) is 1. The van der Waals surface area contributed by atoms with Gasteiger partial charge in [0.05, 0.1) is 7.11 Å². The summed E-state index contributed by atoms with van der Waals surface area (Å²) in [6, 6.07) is 0.913. The van der Waals surface area contributed by atoms with Crippen molar-refractivity contribution in [3.8, 4) is 6.01 Å². The highest BCUT2D eigenvalue weighted by molar-refractivity contribution is 5.37. The smallest absolute Gasteiger partial charge is 0.322 e. The summed E-state index contributed by atoms with van der Waals surface area (Å²) in [7, 11) is 5.36. The minimum absolute atomic E-state index is 0.338. The molecule has 1 aliphatic heterocycles. The summed E-state index contributed by atoms with van der Waals surface area (Å²) in [4.78, 5) is 17.4. The van der Waals surface area contributed by atoms with E-state index in [2.05, 4.69) is 37.0 Å². The zero-order valence-corrected chi connectivity index (χ0v) is 12.8. The highest BCUT2D eigenvalue weighted by atomic mass is 16.5. The van der Waals surface area contributed by atoms with Crippen LogP contribution >= 0.6 is 0 Å². The van der Waals surface area contributed by atoms with Crippen molar-refractivity contribution in [2.75, 3.05) is 51.1 Å². The third-order valence-electron chi connectivity index (χ3n) is 3.74. The van der Waals surface area contributed by atoms with Crippen LogP contribution in [-0.2, 0) is 0 Å². The molecule has 0 aliphatic carbocycles. The minimum atomic E-state index is 0.338. The first-order valence-corrected chi connectivity index (χ1v) is 7.11. The lowest BCUT2D eigenvalue weighted by molar-refractivity contribution is 0.270. The van der Waals surface area contributed by atoms with E-state index in [1.807, 2.05) is 7.05 Å². The number of nitrogens with zero attached hydrogens (tertiary/aromatic N) is 5. The predicted molar refractivity (Wildman–Crippen MR) is 79.5 cm³/mol. The van der Waals surface area contributed by atoms with Gasteiger partial charge in [0.2, 0.25) is 11.9 Å². The molecular weight excluding hydrogens is 256 g/mol. The number of methoxy groups -OCH3 is 1. The van der Waals surface area contributed by atoms with Gasteiger partial charge in [0.25, 0.3) is 0 Å². The maximum atomic E-state index is 5.12. The number of likely N-dealkylation sites (tertiary alicyclic amines) is 1. The zero-order valence-electron chi connectivity index (χ0n) is 12.8. The van der Waals surface area contributed by atoms with Gasteiger partial charge >= 0.3 is 6.01 Å². The molecule has 0 aromatic carbocycles. The molecule has 20 heavy (non-hydrogen) atoms. The van der Waals surface area contributed by atoms with Crippen LogP contribution in [0, 0.1) is 0 Å². The van der Waals surface area contributed by atoms with Gasteiger partial charge in [-0.2, -0.15) is 15.0 Å². The van der Waals surface area contributed by atoms with E-state index in [1.54, 1.807) is 14.2 Å². The SMILES string of the molecule is CCN1CCCC1CN(C)c1nc(NC)nc(OC)n1. The Morgan fingerprint density at radius 3 is 2.85 bits per heavy atom. The molecule has 2 heterocycles. The van der Waals surface area contributed by atoms with Gasteiger partial charge in [-0.1, -0.05) is 6.92 Å². The molecule has 1 aromatic rings. The normalized spacial score (nSPS) is 19.1. The van der Waals surface area contributed by atoms with Crippen LogP contribution in [0.1, 0.15) is 19.8 Å². The number of ether oxygens (including phenoxy) is 1. The number of anilines is 2. The van der Waals surface area contributed by atoms with Crippen molar-refractivity contribution in [3.05, 3.63) is 0 Å². The van der Waals surface area contributed by atoms with E-state index < -0.39 is 0 Å². The number of nitrogens with one attached hydrogen (secondary N) is 1. The Kier molecular flexibility index (Phi) is 4.94. The Labute approximate surface area is 120 Å². The first-order chi connectivity index (χ1) is 9.67. The van der Waals surface area contributed by atoms with E-state index >= 15 is 0 Å².